The quantitative estimate of drug-likeness (QED) is 0.871. The molecule has 1 aromatic rings. The lowest BCUT2D eigenvalue weighted by atomic mass is 9.99. The predicted octanol–water partition coefficient (Wildman–Crippen LogP) is 3.67. The zero-order valence-corrected chi connectivity index (χ0v) is 11.4. The van der Waals surface area contributed by atoms with Crippen LogP contribution in [0, 0.1) is 0 Å². The number of hydrogen-bond donors (Lipinski definition) is 1. The molecule has 0 aliphatic carbocycles. The van der Waals surface area contributed by atoms with Gasteiger partial charge in [0.05, 0.1) is 12.1 Å². The molecular formula is C13H19ClFNO. The predicted molar refractivity (Wildman–Crippen MR) is 69.2 cm³/mol. The SMILES string of the molecule is CNC(c1ccc(Cl)c(C(C)F)c1)C(C)OC. The van der Waals surface area contributed by atoms with E-state index in [1.54, 1.807) is 19.2 Å². The number of methoxy groups -OCH3 is 1. The lowest BCUT2D eigenvalue weighted by Gasteiger charge is -2.23. The first-order chi connectivity index (χ1) is 8.01. The molecule has 1 aromatic carbocycles. The molecule has 0 saturated heterocycles. The molecule has 4 heteroatoms. The summed E-state index contributed by atoms with van der Waals surface area (Å²) in [7, 11) is 3.51. The summed E-state index contributed by atoms with van der Waals surface area (Å²) >= 11 is 5.96. The van der Waals surface area contributed by atoms with E-state index in [1.165, 1.54) is 6.92 Å². The third-order valence-electron chi connectivity index (χ3n) is 2.96. The van der Waals surface area contributed by atoms with E-state index in [1.807, 2.05) is 20.0 Å². The lowest BCUT2D eigenvalue weighted by Crippen LogP contribution is -2.28. The molecule has 1 N–H and O–H groups in total. The van der Waals surface area contributed by atoms with Crippen molar-refractivity contribution in [3.63, 3.8) is 0 Å². The summed E-state index contributed by atoms with van der Waals surface area (Å²) in [6.07, 6.45) is -1.07. The minimum atomic E-state index is -1.07. The highest BCUT2D eigenvalue weighted by Crippen LogP contribution is 2.29. The fourth-order valence-corrected chi connectivity index (χ4v) is 2.14. The molecular weight excluding hydrogens is 241 g/mol. The summed E-state index contributed by atoms with van der Waals surface area (Å²) < 4.78 is 18.7. The number of alkyl halides is 1. The maximum atomic E-state index is 13.4. The fourth-order valence-electron chi connectivity index (χ4n) is 1.87. The summed E-state index contributed by atoms with van der Waals surface area (Å²) in [5.41, 5.74) is 1.50. The summed E-state index contributed by atoms with van der Waals surface area (Å²) in [6.45, 7) is 3.45. The molecule has 0 fully saturated rings. The first kappa shape index (κ1) is 14.4. The van der Waals surface area contributed by atoms with Crippen molar-refractivity contribution < 1.29 is 9.13 Å². The average Bonchev–Trinajstić information content (AvgIpc) is 2.31. The van der Waals surface area contributed by atoms with Crippen LogP contribution in [0.1, 0.15) is 37.2 Å². The van der Waals surface area contributed by atoms with Gasteiger partial charge < -0.3 is 10.1 Å². The molecule has 3 atom stereocenters. The maximum absolute atomic E-state index is 13.4. The number of ether oxygens (including phenoxy) is 1. The van der Waals surface area contributed by atoms with Crippen molar-refractivity contribution in [2.75, 3.05) is 14.2 Å². The van der Waals surface area contributed by atoms with Gasteiger partial charge in [-0.05, 0) is 38.6 Å². The van der Waals surface area contributed by atoms with Gasteiger partial charge in [-0.3, -0.25) is 0 Å². The van der Waals surface area contributed by atoms with Crippen LogP contribution < -0.4 is 5.32 Å². The summed E-state index contributed by atoms with van der Waals surface area (Å²) in [6, 6.07) is 5.44. The summed E-state index contributed by atoms with van der Waals surface area (Å²) in [4.78, 5) is 0. The van der Waals surface area contributed by atoms with Crippen LogP contribution >= 0.6 is 11.6 Å². The Hall–Kier alpha value is -0.640. The molecule has 2 nitrogen and oxygen atoms in total. The second-order valence-electron chi connectivity index (χ2n) is 4.10. The van der Waals surface area contributed by atoms with Crippen molar-refractivity contribution in [2.24, 2.45) is 0 Å². The Morgan fingerprint density at radius 2 is 2.00 bits per heavy atom. The third-order valence-corrected chi connectivity index (χ3v) is 3.30. The van der Waals surface area contributed by atoms with Crippen LogP contribution in [-0.4, -0.2) is 20.3 Å². The van der Waals surface area contributed by atoms with Gasteiger partial charge in [-0.15, -0.1) is 0 Å². The number of benzene rings is 1. The Labute approximate surface area is 107 Å². The molecule has 0 aromatic heterocycles. The van der Waals surface area contributed by atoms with Crippen LogP contribution in [0.2, 0.25) is 5.02 Å². The van der Waals surface area contributed by atoms with E-state index in [4.69, 9.17) is 16.3 Å². The highest BCUT2D eigenvalue weighted by molar-refractivity contribution is 6.31. The van der Waals surface area contributed by atoms with E-state index in [0.29, 0.717) is 10.6 Å². The van der Waals surface area contributed by atoms with E-state index in [-0.39, 0.29) is 12.1 Å². The van der Waals surface area contributed by atoms with Crippen molar-refractivity contribution in [3.05, 3.63) is 34.3 Å². The molecule has 0 bridgehead atoms. The normalized spacial score (nSPS) is 16.6. The molecule has 0 aliphatic rings. The van der Waals surface area contributed by atoms with E-state index in [9.17, 15) is 4.39 Å². The van der Waals surface area contributed by atoms with E-state index >= 15 is 0 Å². The summed E-state index contributed by atoms with van der Waals surface area (Å²) in [5.74, 6) is 0. The second-order valence-corrected chi connectivity index (χ2v) is 4.51. The Morgan fingerprint density at radius 1 is 1.35 bits per heavy atom. The van der Waals surface area contributed by atoms with Crippen molar-refractivity contribution in [3.8, 4) is 0 Å². The van der Waals surface area contributed by atoms with Gasteiger partial charge in [-0.25, -0.2) is 4.39 Å². The van der Waals surface area contributed by atoms with Crippen molar-refractivity contribution >= 4 is 11.6 Å². The Morgan fingerprint density at radius 3 is 2.47 bits per heavy atom. The van der Waals surface area contributed by atoms with Crippen LogP contribution in [0.4, 0.5) is 4.39 Å². The fraction of sp³-hybridized carbons (Fsp3) is 0.538. The monoisotopic (exact) mass is 259 g/mol. The molecule has 1 rings (SSSR count). The number of likely N-dealkylation sites (N-methyl/N-ethyl adjacent to an activating group) is 1. The van der Waals surface area contributed by atoms with Crippen LogP contribution in [0.5, 0.6) is 0 Å². The minimum absolute atomic E-state index is 0.00365. The molecule has 3 unspecified atom stereocenters. The van der Waals surface area contributed by atoms with Crippen molar-refractivity contribution in [2.45, 2.75) is 32.2 Å². The van der Waals surface area contributed by atoms with Crippen LogP contribution in [-0.2, 0) is 4.74 Å². The van der Waals surface area contributed by atoms with Gasteiger partial charge in [0, 0.05) is 17.7 Å². The molecule has 0 amide bonds. The van der Waals surface area contributed by atoms with Crippen LogP contribution in [0.3, 0.4) is 0 Å². The Balaban J connectivity index is 3.09. The first-order valence-electron chi connectivity index (χ1n) is 5.64. The molecule has 17 heavy (non-hydrogen) atoms. The Bertz CT molecular complexity index is 370. The van der Waals surface area contributed by atoms with Crippen molar-refractivity contribution in [1.29, 1.82) is 0 Å². The zero-order chi connectivity index (χ0) is 13.0. The van der Waals surface area contributed by atoms with Gasteiger partial charge in [-0.1, -0.05) is 17.7 Å². The van der Waals surface area contributed by atoms with E-state index < -0.39 is 6.17 Å². The average molecular weight is 260 g/mol. The first-order valence-corrected chi connectivity index (χ1v) is 6.02. The number of nitrogens with one attached hydrogen (secondary N) is 1. The van der Waals surface area contributed by atoms with Gasteiger partial charge in [0.25, 0.3) is 0 Å². The van der Waals surface area contributed by atoms with Gasteiger partial charge in [0.2, 0.25) is 0 Å². The molecule has 0 saturated carbocycles. The Kier molecular flexibility index (Phi) is 5.37. The van der Waals surface area contributed by atoms with Crippen LogP contribution in [0.25, 0.3) is 0 Å². The van der Waals surface area contributed by atoms with Gasteiger partial charge in [0.15, 0.2) is 0 Å². The van der Waals surface area contributed by atoms with Crippen LogP contribution in [0.15, 0.2) is 18.2 Å². The molecule has 0 radical (unpaired) electrons. The highest BCUT2D eigenvalue weighted by Gasteiger charge is 2.19. The number of hydrogen-bond acceptors (Lipinski definition) is 2. The third kappa shape index (κ3) is 3.41. The number of rotatable bonds is 5. The molecule has 0 heterocycles. The van der Waals surface area contributed by atoms with Gasteiger partial charge in [-0.2, -0.15) is 0 Å². The van der Waals surface area contributed by atoms with Gasteiger partial charge in [0.1, 0.15) is 6.17 Å². The topological polar surface area (TPSA) is 21.3 Å². The van der Waals surface area contributed by atoms with E-state index in [0.717, 1.165) is 5.56 Å². The zero-order valence-electron chi connectivity index (χ0n) is 10.6. The standard InChI is InChI=1S/C13H19ClFNO/c1-8(15)11-7-10(5-6-12(11)14)13(16-3)9(2)17-4/h5-9,13,16H,1-4H3. The van der Waals surface area contributed by atoms with Crippen molar-refractivity contribution in [1.82, 2.24) is 5.32 Å². The number of halogens is 2. The maximum Gasteiger partial charge on any atom is 0.124 e. The molecule has 96 valence electrons. The smallest absolute Gasteiger partial charge is 0.124 e. The lowest BCUT2D eigenvalue weighted by molar-refractivity contribution is 0.0856. The minimum Gasteiger partial charge on any atom is -0.380 e. The van der Waals surface area contributed by atoms with Gasteiger partial charge >= 0.3 is 0 Å². The highest BCUT2D eigenvalue weighted by atomic mass is 35.5. The largest absolute Gasteiger partial charge is 0.380 e. The van der Waals surface area contributed by atoms with E-state index in [2.05, 4.69) is 5.32 Å². The molecule has 0 aliphatic heterocycles. The second kappa shape index (κ2) is 6.34. The molecule has 0 spiro atoms. The summed E-state index contributed by atoms with van der Waals surface area (Å²) in [5, 5.41) is 3.63.